The Balaban J connectivity index is 1.80. The van der Waals surface area contributed by atoms with Gasteiger partial charge in [-0.3, -0.25) is 4.98 Å². The van der Waals surface area contributed by atoms with Crippen molar-refractivity contribution in [1.82, 2.24) is 15.0 Å². The van der Waals surface area contributed by atoms with E-state index >= 15 is 0 Å². The van der Waals surface area contributed by atoms with Crippen molar-refractivity contribution in [2.45, 2.75) is 6.54 Å². The van der Waals surface area contributed by atoms with Crippen LogP contribution in [0.15, 0.2) is 77.5 Å². The fourth-order valence-electron chi connectivity index (χ4n) is 2.73. The third-order valence-corrected chi connectivity index (χ3v) is 4.42. The van der Waals surface area contributed by atoms with Gasteiger partial charge < -0.3 is 4.90 Å². The Morgan fingerprint density at radius 1 is 0.923 bits per heavy atom. The van der Waals surface area contributed by atoms with Gasteiger partial charge in [0.05, 0.1) is 18.3 Å². The number of fused-ring (bicyclic) bond motifs is 1. The molecule has 0 bridgehead atoms. The van der Waals surface area contributed by atoms with Crippen LogP contribution in [0.3, 0.4) is 0 Å². The van der Waals surface area contributed by atoms with E-state index in [0.717, 1.165) is 21.1 Å². The Bertz CT molecular complexity index is 1070. The van der Waals surface area contributed by atoms with Gasteiger partial charge in [-0.25, -0.2) is 14.4 Å². The van der Waals surface area contributed by atoms with Crippen LogP contribution in [0.25, 0.3) is 11.0 Å². The third kappa shape index (κ3) is 3.55. The van der Waals surface area contributed by atoms with E-state index in [2.05, 4.69) is 30.9 Å². The normalized spacial score (nSPS) is 10.8. The van der Waals surface area contributed by atoms with Gasteiger partial charge in [-0.05, 0) is 48.0 Å². The zero-order chi connectivity index (χ0) is 17.9. The maximum atomic E-state index is 13.8. The third-order valence-electron chi connectivity index (χ3n) is 3.93. The molecule has 0 saturated heterocycles. The highest BCUT2D eigenvalue weighted by atomic mass is 79.9. The SMILES string of the molecule is Fc1cccc(N(Cc2cccc(Br)c2)c2ncc3ncccc3n2)c1. The highest BCUT2D eigenvalue weighted by Gasteiger charge is 2.15. The Hall–Kier alpha value is -2.86. The molecule has 4 aromatic rings. The average molecular weight is 409 g/mol. The van der Waals surface area contributed by atoms with Gasteiger partial charge in [0.15, 0.2) is 0 Å². The van der Waals surface area contributed by atoms with E-state index in [1.165, 1.54) is 12.1 Å². The quantitative estimate of drug-likeness (QED) is 0.461. The molecule has 0 unspecified atom stereocenters. The summed E-state index contributed by atoms with van der Waals surface area (Å²) in [7, 11) is 0. The van der Waals surface area contributed by atoms with E-state index in [1.807, 2.05) is 47.4 Å². The fourth-order valence-corrected chi connectivity index (χ4v) is 3.17. The molecule has 0 aliphatic rings. The molecule has 2 heterocycles. The van der Waals surface area contributed by atoms with E-state index in [0.29, 0.717) is 18.2 Å². The van der Waals surface area contributed by atoms with Crippen molar-refractivity contribution >= 4 is 38.6 Å². The molecule has 6 heteroatoms. The van der Waals surface area contributed by atoms with Gasteiger partial charge in [0.2, 0.25) is 5.95 Å². The maximum absolute atomic E-state index is 13.8. The molecule has 26 heavy (non-hydrogen) atoms. The summed E-state index contributed by atoms with van der Waals surface area (Å²) in [6.07, 6.45) is 3.39. The molecule has 0 N–H and O–H groups in total. The van der Waals surface area contributed by atoms with Crippen LogP contribution in [-0.4, -0.2) is 15.0 Å². The molecule has 4 nitrogen and oxygen atoms in total. The minimum Gasteiger partial charge on any atom is -0.306 e. The molecule has 0 fully saturated rings. The minimum absolute atomic E-state index is 0.302. The van der Waals surface area contributed by atoms with Gasteiger partial charge in [-0.2, -0.15) is 0 Å². The van der Waals surface area contributed by atoms with Crippen LogP contribution in [0.5, 0.6) is 0 Å². The summed E-state index contributed by atoms with van der Waals surface area (Å²) in [6.45, 7) is 0.509. The summed E-state index contributed by atoms with van der Waals surface area (Å²) in [6, 6.07) is 18.1. The predicted octanol–water partition coefficient (Wildman–Crippen LogP) is 5.26. The first-order valence-electron chi connectivity index (χ1n) is 8.04. The second-order valence-electron chi connectivity index (χ2n) is 5.77. The summed E-state index contributed by atoms with van der Waals surface area (Å²) in [4.78, 5) is 15.2. The van der Waals surface area contributed by atoms with Crippen LogP contribution >= 0.6 is 15.9 Å². The minimum atomic E-state index is -0.302. The van der Waals surface area contributed by atoms with Crippen LogP contribution in [0.4, 0.5) is 16.0 Å². The number of halogens is 2. The Labute approximate surface area is 158 Å². The molecule has 0 aliphatic carbocycles. The van der Waals surface area contributed by atoms with Gasteiger partial charge in [-0.15, -0.1) is 0 Å². The number of hydrogen-bond donors (Lipinski definition) is 0. The summed E-state index contributed by atoms with van der Waals surface area (Å²) >= 11 is 3.49. The number of rotatable bonds is 4. The maximum Gasteiger partial charge on any atom is 0.230 e. The first kappa shape index (κ1) is 16.6. The summed E-state index contributed by atoms with van der Waals surface area (Å²) in [5.74, 6) is 0.195. The van der Waals surface area contributed by atoms with E-state index in [1.54, 1.807) is 18.5 Å². The molecule has 0 aliphatic heterocycles. The lowest BCUT2D eigenvalue weighted by Gasteiger charge is -2.23. The smallest absolute Gasteiger partial charge is 0.230 e. The first-order chi connectivity index (χ1) is 12.7. The van der Waals surface area contributed by atoms with Crippen molar-refractivity contribution in [3.63, 3.8) is 0 Å². The lowest BCUT2D eigenvalue weighted by molar-refractivity contribution is 0.627. The van der Waals surface area contributed by atoms with Crippen molar-refractivity contribution in [1.29, 1.82) is 0 Å². The predicted molar refractivity (Wildman–Crippen MR) is 104 cm³/mol. The van der Waals surface area contributed by atoms with Crippen LogP contribution in [0.1, 0.15) is 5.56 Å². The highest BCUT2D eigenvalue weighted by molar-refractivity contribution is 9.10. The monoisotopic (exact) mass is 408 g/mol. The van der Waals surface area contributed by atoms with E-state index in [9.17, 15) is 4.39 Å². The summed E-state index contributed by atoms with van der Waals surface area (Å²) in [5.41, 5.74) is 3.21. The number of pyridine rings is 1. The Kier molecular flexibility index (Phi) is 4.58. The van der Waals surface area contributed by atoms with E-state index in [4.69, 9.17) is 0 Å². The van der Waals surface area contributed by atoms with Gasteiger partial charge in [-0.1, -0.05) is 34.1 Å². The van der Waals surface area contributed by atoms with Crippen molar-refractivity contribution < 1.29 is 4.39 Å². The van der Waals surface area contributed by atoms with Gasteiger partial charge >= 0.3 is 0 Å². The van der Waals surface area contributed by atoms with Crippen LogP contribution in [0, 0.1) is 5.82 Å². The molecule has 2 aromatic carbocycles. The molecule has 0 spiro atoms. The van der Waals surface area contributed by atoms with Crippen molar-refractivity contribution in [2.75, 3.05) is 4.90 Å². The van der Waals surface area contributed by atoms with Crippen LogP contribution < -0.4 is 4.90 Å². The fraction of sp³-hybridized carbons (Fsp3) is 0.0500. The van der Waals surface area contributed by atoms with E-state index < -0.39 is 0 Å². The molecule has 0 radical (unpaired) electrons. The molecular weight excluding hydrogens is 395 g/mol. The molecule has 2 aromatic heterocycles. The summed E-state index contributed by atoms with van der Waals surface area (Å²) < 4.78 is 14.8. The standard InChI is InChI=1S/C20H14BrFN4/c21-15-5-1-4-14(10-15)13-26(17-7-2-6-16(22)11-17)20-24-12-19-18(25-20)8-3-9-23-19/h1-12H,13H2. The first-order valence-corrected chi connectivity index (χ1v) is 8.84. The molecule has 4 rings (SSSR count). The molecular formula is C20H14BrFN4. The lowest BCUT2D eigenvalue weighted by atomic mass is 10.2. The largest absolute Gasteiger partial charge is 0.306 e. The summed E-state index contributed by atoms with van der Waals surface area (Å²) in [5, 5.41) is 0. The highest BCUT2D eigenvalue weighted by Crippen LogP contribution is 2.27. The van der Waals surface area contributed by atoms with Crippen molar-refractivity contribution in [3.8, 4) is 0 Å². The zero-order valence-corrected chi connectivity index (χ0v) is 15.3. The topological polar surface area (TPSA) is 41.9 Å². The number of aromatic nitrogens is 3. The Morgan fingerprint density at radius 2 is 1.81 bits per heavy atom. The van der Waals surface area contributed by atoms with Gasteiger partial charge in [0.25, 0.3) is 0 Å². The number of benzene rings is 2. The van der Waals surface area contributed by atoms with Crippen LogP contribution in [-0.2, 0) is 6.54 Å². The molecule has 0 saturated carbocycles. The number of hydrogen-bond acceptors (Lipinski definition) is 4. The Morgan fingerprint density at radius 3 is 2.65 bits per heavy atom. The second-order valence-corrected chi connectivity index (χ2v) is 6.69. The van der Waals surface area contributed by atoms with Gasteiger partial charge in [0, 0.05) is 16.4 Å². The van der Waals surface area contributed by atoms with Crippen LogP contribution in [0.2, 0.25) is 0 Å². The number of anilines is 2. The van der Waals surface area contributed by atoms with E-state index in [-0.39, 0.29) is 5.82 Å². The lowest BCUT2D eigenvalue weighted by Crippen LogP contribution is -2.19. The van der Waals surface area contributed by atoms with Gasteiger partial charge in [0.1, 0.15) is 11.3 Å². The zero-order valence-electron chi connectivity index (χ0n) is 13.7. The number of nitrogens with zero attached hydrogens (tertiary/aromatic N) is 4. The van der Waals surface area contributed by atoms with Crippen molar-refractivity contribution in [2.24, 2.45) is 0 Å². The average Bonchev–Trinajstić information content (AvgIpc) is 2.66. The molecule has 0 atom stereocenters. The second kappa shape index (κ2) is 7.17. The molecule has 0 amide bonds. The van der Waals surface area contributed by atoms with Crippen molar-refractivity contribution in [3.05, 3.63) is 88.9 Å². The molecule has 128 valence electrons.